The van der Waals surface area contributed by atoms with Crippen molar-refractivity contribution < 1.29 is 9.84 Å². The Bertz CT molecular complexity index is 466. The fraction of sp³-hybridized carbons (Fsp3) is 0.647. The van der Waals surface area contributed by atoms with E-state index >= 15 is 0 Å². The molecule has 21 heavy (non-hydrogen) atoms. The average Bonchev–Trinajstić information content (AvgIpc) is 2.97. The number of fused-ring (bicyclic) bond motifs is 1. The molecular formula is C17H26N2O2. The largest absolute Gasteiger partial charge is 0.508 e. The van der Waals surface area contributed by atoms with Crippen molar-refractivity contribution in [2.75, 3.05) is 26.2 Å². The predicted molar refractivity (Wildman–Crippen MR) is 83.5 cm³/mol. The van der Waals surface area contributed by atoms with Crippen LogP contribution in [-0.4, -0.2) is 48.4 Å². The smallest absolute Gasteiger partial charge is 0.120 e. The zero-order chi connectivity index (χ0) is 14.7. The van der Waals surface area contributed by atoms with Gasteiger partial charge in [0.05, 0.1) is 12.7 Å². The second kappa shape index (κ2) is 6.77. The summed E-state index contributed by atoms with van der Waals surface area (Å²) in [6.07, 6.45) is 3.81. The highest BCUT2D eigenvalue weighted by Gasteiger charge is 2.32. The Morgan fingerprint density at radius 2 is 2.29 bits per heavy atom. The number of ether oxygens (including phenoxy) is 1. The molecule has 0 saturated carbocycles. The molecule has 0 aromatic heterocycles. The number of rotatable bonds is 5. The molecule has 2 N–H and O–H groups in total. The number of nitrogens with one attached hydrogen (secondary N) is 1. The Kier molecular flexibility index (Phi) is 4.78. The zero-order valence-corrected chi connectivity index (χ0v) is 12.8. The molecule has 2 fully saturated rings. The molecule has 116 valence electrons. The predicted octanol–water partition coefficient (Wildman–Crippen LogP) is 2.30. The molecule has 2 heterocycles. The molecule has 2 aliphatic rings. The van der Waals surface area contributed by atoms with E-state index in [2.05, 4.69) is 17.1 Å². The van der Waals surface area contributed by atoms with Gasteiger partial charge in [-0.3, -0.25) is 4.90 Å². The van der Waals surface area contributed by atoms with Crippen LogP contribution in [0, 0.1) is 0 Å². The third-order valence-corrected chi connectivity index (χ3v) is 4.77. The molecule has 4 nitrogen and oxygen atoms in total. The summed E-state index contributed by atoms with van der Waals surface area (Å²) in [6, 6.07) is 8.43. The molecule has 2 saturated heterocycles. The van der Waals surface area contributed by atoms with Gasteiger partial charge >= 0.3 is 0 Å². The molecular weight excluding hydrogens is 264 g/mol. The summed E-state index contributed by atoms with van der Waals surface area (Å²) >= 11 is 0. The Morgan fingerprint density at radius 3 is 3.10 bits per heavy atom. The number of phenols is 1. The molecule has 1 aromatic carbocycles. The van der Waals surface area contributed by atoms with Gasteiger partial charge in [-0.2, -0.15) is 0 Å². The number of morpholine rings is 1. The van der Waals surface area contributed by atoms with Gasteiger partial charge in [0.15, 0.2) is 0 Å². The summed E-state index contributed by atoms with van der Waals surface area (Å²) in [7, 11) is 0. The van der Waals surface area contributed by atoms with Crippen LogP contribution in [0.15, 0.2) is 24.3 Å². The molecule has 0 aliphatic carbocycles. The van der Waals surface area contributed by atoms with E-state index in [-0.39, 0.29) is 12.1 Å². The zero-order valence-electron chi connectivity index (χ0n) is 12.8. The Morgan fingerprint density at radius 1 is 1.43 bits per heavy atom. The summed E-state index contributed by atoms with van der Waals surface area (Å²) in [6.45, 7) is 6.12. The van der Waals surface area contributed by atoms with Gasteiger partial charge in [-0.1, -0.05) is 25.1 Å². The molecule has 0 spiro atoms. The lowest BCUT2D eigenvalue weighted by atomic mass is 10.0. The molecule has 2 aliphatic heterocycles. The van der Waals surface area contributed by atoms with E-state index in [1.165, 1.54) is 19.4 Å². The Balaban J connectivity index is 1.55. The lowest BCUT2D eigenvalue weighted by molar-refractivity contribution is -0.0479. The molecule has 3 unspecified atom stereocenters. The van der Waals surface area contributed by atoms with Gasteiger partial charge in [0.2, 0.25) is 0 Å². The van der Waals surface area contributed by atoms with Gasteiger partial charge in [-0.25, -0.2) is 0 Å². The van der Waals surface area contributed by atoms with E-state index in [4.69, 9.17) is 4.74 Å². The van der Waals surface area contributed by atoms with Crippen LogP contribution in [0.3, 0.4) is 0 Å². The minimum atomic E-state index is 0.186. The summed E-state index contributed by atoms with van der Waals surface area (Å²) in [5.41, 5.74) is 0.981. The highest BCUT2D eigenvalue weighted by molar-refractivity contribution is 5.34. The van der Waals surface area contributed by atoms with Gasteiger partial charge in [0, 0.05) is 30.7 Å². The first-order chi connectivity index (χ1) is 10.3. The first-order valence-electron chi connectivity index (χ1n) is 8.15. The number of hydrogen-bond donors (Lipinski definition) is 2. The van der Waals surface area contributed by atoms with E-state index in [1.807, 2.05) is 18.2 Å². The van der Waals surface area contributed by atoms with Crippen LogP contribution in [0.25, 0.3) is 0 Å². The third-order valence-electron chi connectivity index (χ3n) is 4.77. The normalized spacial score (nSPS) is 27.5. The molecule has 4 heteroatoms. The highest BCUT2D eigenvalue weighted by Crippen LogP contribution is 2.26. The minimum Gasteiger partial charge on any atom is -0.508 e. The monoisotopic (exact) mass is 290 g/mol. The number of aromatic hydroxyl groups is 1. The van der Waals surface area contributed by atoms with Gasteiger partial charge in [0.1, 0.15) is 5.75 Å². The maximum absolute atomic E-state index is 9.99. The molecule has 1 aromatic rings. The number of phenolic OH excluding ortho intramolecular Hbond substituents is 1. The van der Waals surface area contributed by atoms with Crippen LogP contribution in [0.1, 0.15) is 37.8 Å². The topological polar surface area (TPSA) is 44.7 Å². The number of hydrogen-bond acceptors (Lipinski definition) is 4. The summed E-state index contributed by atoms with van der Waals surface area (Å²) in [4.78, 5) is 2.57. The van der Waals surface area contributed by atoms with Crippen LogP contribution in [0.4, 0.5) is 0 Å². The van der Waals surface area contributed by atoms with Crippen molar-refractivity contribution in [3.05, 3.63) is 29.8 Å². The van der Waals surface area contributed by atoms with Crippen LogP contribution >= 0.6 is 0 Å². The lowest BCUT2D eigenvalue weighted by Gasteiger charge is -2.36. The van der Waals surface area contributed by atoms with E-state index in [0.29, 0.717) is 11.8 Å². The maximum Gasteiger partial charge on any atom is 0.120 e. The van der Waals surface area contributed by atoms with E-state index in [9.17, 15) is 5.11 Å². The SMILES string of the molecule is CCC(NCC1CN2CCCC2CO1)c1ccccc1O. The number of benzene rings is 1. The van der Waals surface area contributed by atoms with Crippen molar-refractivity contribution in [2.45, 2.75) is 44.4 Å². The first-order valence-corrected chi connectivity index (χ1v) is 8.15. The van der Waals surface area contributed by atoms with Crippen LogP contribution < -0.4 is 5.32 Å². The van der Waals surface area contributed by atoms with Crippen molar-refractivity contribution in [3.8, 4) is 5.75 Å². The van der Waals surface area contributed by atoms with Crippen LogP contribution in [-0.2, 0) is 4.74 Å². The van der Waals surface area contributed by atoms with Crippen LogP contribution in [0.5, 0.6) is 5.75 Å². The van der Waals surface area contributed by atoms with Gasteiger partial charge in [-0.05, 0) is 31.9 Å². The van der Waals surface area contributed by atoms with Gasteiger partial charge in [0.25, 0.3) is 0 Å². The minimum absolute atomic E-state index is 0.186. The third kappa shape index (κ3) is 3.39. The summed E-state index contributed by atoms with van der Waals surface area (Å²) in [5, 5.41) is 13.6. The highest BCUT2D eigenvalue weighted by atomic mass is 16.5. The second-order valence-electron chi connectivity index (χ2n) is 6.17. The lowest BCUT2D eigenvalue weighted by Crippen LogP contribution is -2.49. The molecule has 3 rings (SSSR count). The summed E-state index contributed by atoms with van der Waals surface area (Å²) in [5.74, 6) is 0.376. The van der Waals surface area contributed by atoms with Gasteiger partial charge in [-0.15, -0.1) is 0 Å². The summed E-state index contributed by atoms with van der Waals surface area (Å²) < 4.78 is 5.99. The van der Waals surface area contributed by atoms with Crippen LogP contribution in [0.2, 0.25) is 0 Å². The second-order valence-corrected chi connectivity index (χ2v) is 6.17. The maximum atomic E-state index is 9.99. The standard InChI is InChI=1S/C17H26N2O2/c1-2-16(15-7-3-4-8-17(15)20)18-10-14-11-19-9-5-6-13(19)12-21-14/h3-4,7-8,13-14,16,18,20H,2,5-6,9-12H2,1H3. The molecule has 0 amide bonds. The van der Waals surface area contributed by atoms with Crippen molar-refractivity contribution in [1.82, 2.24) is 10.2 Å². The fourth-order valence-electron chi connectivity index (χ4n) is 3.54. The molecule has 0 bridgehead atoms. The van der Waals surface area contributed by atoms with Crippen molar-refractivity contribution in [2.24, 2.45) is 0 Å². The molecule has 0 radical (unpaired) electrons. The van der Waals surface area contributed by atoms with E-state index in [0.717, 1.165) is 31.7 Å². The van der Waals surface area contributed by atoms with Crippen molar-refractivity contribution in [3.63, 3.8) is 0 Å². The van der Waals surface area contributed by atoms with E-state index < -0.39 is 0 Å². The van der Waals surface area contributed by atoms with Gasteiger partial charge < -0.3 is 15.2 Å². The quantitative estimate of drug-likeness (QED) is 0.873. The van der Waals surface area contributed by atoms with Crippen molar-refractivity contribution >= 4 is 0 Å². The Labute approximate surface area is 127 Å². The number of para-hydroxylation sites is 1. The van der Waals surface area contributed by atoms with Crippen molar-refractivity contribution in [1.29, 1.82) is 0 Å². The first kappa shape index (κ1) is 14.8. The number of nitrogens with zero attached hydrogens (tertiary/aromatic N) is 1. The van der Waals surface area contributed by atoms with E-state index in [1.54, 1.807) is 6.07 Å². The average molecular weight is 290 g/mol. The Hall–Kier alpha value is -1.10. The fourth-order valence-corrected chi connectivity index (χ4v) is 3.54. The molecule has 3 atom stereocenters.